The Labute approximate surface area is 135 Å². The van der Waals surface area contributed by atoms with E-state index in [9.17, 15) is 9.90 Å². The third-order valence-corrected chi connectivity index (χ3v) is 4.83. The first-order valence-corrected chi connectivity index (χ1v) is 8.10. The fraction of sp³-hybridized carbons (Fsp3) is 0.316. The first-order chi connectivity index (χ1) is 11.2. The number of hydrogen-bond donors (Lipinski definition) is 3. The van der Waals surface area contributed by atoms with Crippen LogP contribution in [-0.4, -0.2) is 23.3 Å². The molecule has 2 aliphatic carbocycles. The predicted octanol–water partition coefficient (Wildman–Crippen LogP) is 2.50. The van der Waals surface area contributed by atoms with Crippen molar-refractivity contribution in [2.75, 3.05) is 0 Å². The molecule has 4 nitrogen and oxygen atoms in total. The monoisotopic (exact) mass is 308 g/mol. The van der Waals surface area contributed by atoms with Gasteiger partial charge in [0.1, 0.15) is 0 Å². The van der Waals surface area contributed by atoms with Crippen LogP contribution < -0.4 is 10.6 Å². The summed E-state index contributed by atoms with van der Waals surface area (Å²) in [7, 11) is 0. The van der Waals surface area contributed by atoms with Gasteiger partial charge in [-0.15, -0.1) is 0 Å². The molecule has 23 heavy (non-hydrogen) atoms. The number of fused-ring (bicyclic) bond motifs is 1. The second kappa shape index (κ2) is 5.70. The van der Waals surface area contributed by atoms with E-state index in [1.54, 1.807) is 0 Å². The maximum Gasteiger partial charge on any atom is 0.315 e. The van der Waals surface area contributed by atoms with Crippen molar-refractivity contribution in [3.8, 4) is 0 Å². The van der Waals surface area contributed by atoms with Crippen LogP contribution in [0.15, 0.2) is 54.6 Å². The zero-order valence-electron chi connectivity index (χ0n) is 12.8. The summed E-state index contributed by atoms with van der Waals surface area (Å²) in [6.45, 7) is 0. The molecule has 1 fully saturated rings. The fourth-order valence-electron chi connectivity index (χ4n) is 3.52. The molecular formula is C19H20N2O2. The predicted molar refractivity (Wildman–Crippen MR) is 88.1 cm³/mol. The minimum atomic E-state index is -0.553. The lowest BCUT2D eigenvalue weighted by molar-refractivity contribution is 0.142. The Kier molecular flexibility index (Phi) is 3.54. The fourth-order valence-corrected chi connectivity index (χ4v) is 3.52. The maximum atomic E-state index is 12.2. The minimum Gasteiger partial charge on any atom is -0.390 e. The Morgan fingerprint density at radius 3 is 2.57 bits per heavy atom. The van der Waals surface area contributed by atoms with Gasteiger partial charge in [-0.05, 0) is 23.1 Å². The number of urea groups is 1. The Hall–Kier alpha value is -2.33. The van der Waals surface area contributed by atoms with Crippen LogP contribution >= 0.6 is 0 Å². The lowest BCUT2D eigenvalue weighted by Gasteiger charge is -2.18. The van der Waals surface area contributed by atoms with E-state index in [2.05, 4.69) is 22.8 Å². The molecule has 2 aromatic rings. The molecule has 4 rings (SSSR count). The largest absolute Gasteiger partial charge is 0.390 e. The summed E-state index contributed by atoms with van der Waals surface area (Å²) in [6.07, 6.45) is 1.01. The van der Waals surface area contributed by atoms with E-state index in [-0.39, 0.29) is 18.1 Å². The Morgan fingerprint density at radius 1 is 1.00 bits per heavy atom. The van der Waals surface area contributed by atoms with Gasteiger partial charge in [-0.1, -0.05) is 54.6 Å². The molecule has 0 bridgehead atoms. The van der Waals surface area contributed by atoms with E-state index in [0.29, 0.717) is 12.3 Å². The summed E-state index contributed by atoms with van der Waals surface area (Å²) in [5, 5.41) is 16.1. The molecule has 2 amide bonds. The van der Waals surface area contributed by atoms with Crippen molar-refractivity contribution in [3.63, 3.8) is 0 Å². The van der Waals surface area contributed by atoms with Crippen LogP contribution in [0.5, 0.6) is 0 Å². The van der Waals surface area contributed by atoms with Gasteiger partial charge in [-0.25, -0.2) is 4.79 Å². The van der Waals surface area contributed by atoms with Gasteiger partial charge in [-0.2, -0.15) is 0 Å². The number of benzene rings is 2. The van der Waals surface area contributed by atoms with Gasteiger partial charge in [0.2, 0.25) is 0 Å². The van der Waals surface area contributed by atoms with Gasteiger partial charge in [0, 0.05) is 18.4 Å². The number of nitrogens with one attached hydrogen (secondary N) is 2. The maximum absolute atomic E-state index is 12.2. The summed E-state index contributed by atoms with van der Waals surface area (Å²) in [5.74, 6) is 0.405. The van der Waals surface area contributed by atoms with Gasteiger partial charge in [-0.3, -0.25) is 0 Å². The summed E-state index contributed by atoms with van der Waals surface area (Å²) in [6, 6.07) is 17.8. The quantitative estimate of drug-likeness (QED) is 0.816. The summed E-state index contributed by atoms with van der Waals surface area (Å²) in [5.41, 5.74) is 3.40. The Morgan fingerprint density at radius 2 is 1.74 bits per heavy atom. The summed E-state index contributed by atoms with van der Waals surface area (Å²) >= 11 is 0. The second-order valence-corrected chi connectivity index (χ2v) is 6.43. The molecule has 2 aromatic carbocycles. The number of carbonyl (C=O) groups excluding carboxylic acids is 1. The number of rotatable bonds is 3. The number of amides is 2. The van der Waals surface area contributed by atoms with Crippen molar-refractivity contribution in [1.82, 2.24) is 10.6 Å². The number of carbonyl (C=O) groups is 1. The van der Waals surface area contributed by atoms with Gasteiger partial charge in [0.05, 0.1) is 12.1 Å². The van der Waals surface area contributed by atoms with E-state index in [1.165, 1.54) is 5.56 Å². The molecule has 2 aliphatic rings. The van der Waals surface area contributed by atoms with Crippen LogP contribution in [-0.2, 0) is 6.42 Å². The van der Waals surface area contributed by atoms with Gasteiger partial charge >= 0.3 is 6.03 Å². The molecule has 0 spiro atoms. The minimum absolute atomic E-state index is 0.186. The highest BCUT2D eigenvalue weighted by molar-refractivity contribution is 5.76. The average Bonchev–Trinajstić information content (AvgIpc) is 3.26. The molecule has 0 aromatic heterocycles. The topological polar surface area (TPSA) is 61.4 Å². The van der Waals surface area contributed by atoms with E-state index in [0.717, 1.165) is 17.5 Å². The molecule has 3 N–H and O–H groups in total. The third kappa shape index (κ3) is 2.82. The van der Waals surface area contributed by atoms with Gasteiger partial charge in [0.25, 0.3) is 0 Å². The zero-order valence-corrected chi connectivity index (χ0v) is 12.8. The van der Waals surface area contributed by atoms with Crippen molar-refractivity contribution < 1.29 is 9.90 Å². The van der Waals surface area contributed by atoms with Crippen LogP contribution in [0.4, 0.5) is 4.79 Å². The van der Waals surface area contributed by atoms with Crippen LogP contribution in [0.1, 0.15) is 35.1 Å². The summed E-state index contributed by atoms with van der Waals surface area (Å²) in [4.78, 5) is 12.2. The molecular weight excluding hydrogens is 288 g/mol. The molecule has 118 valence electrons. The highest BCUT2D eigenvalue weighted by Crippen LogP contribution is 2.40. The molecule has 0 heterocycles. The Bertz CT molecular complexity index is 716. The molecule has 0 radical (unpaired) electrons. The lowest BCUT2D eigenvalue weighted by atomic mass is 10.1. The van der Waals surface area contributed by atoms with E-state index in [1.807, 2.05) is 42.5 Å². The normalized spacial score (nSPS) is 28.0. The summed E-state index contributed by atoms with van der Waals surface area (Å²) < 4.78 is 0. The molecule has 0 aliphatic heterocycles. The van der Waals surface area contributed by atoms with Crippen molar-refractivity contribution in [3.05, 3.63) is 71.3 Å². The van der Waals surface area contributed by atoms with Gasteiger partial charge in [0.15, 0.2) is 0 Å². The first kappa shape index (κ1) is 14.3. The van der Waals surface area contributed by atoms with E-state index in [4.69, 9.17) is 0 Å². The third-order valence-electron chi connectivity index (χ3n) is 4.83. The van der Waals surface area contributed by atoms with Crippen LogP contribution in [0, 0.1) is 0 Å². The average molecular weight is 308 g/mol. The molecule has 4 atom stereocenters. The molecule has 0 saturated heterocycles. The molecule has 1 saturated carbocycles. The van der Waals surface area contributed by atoms with E-state index < -0.39 is 6.10 Å². The number of aliphatic hydroxyl groups is 1. The first-order valence-electron chi connectivity index (χ1n) is 8.10. The van der Waals surface area contributed by atoms with Crippen molar-refractivity contribution >= 4 is 6.03 Å². The van der Waals surface area contributed by atoms with Crippen molar-refractivity contribution in [2.45, 2.75) is 36.9 Å². The highest BCUT2D eigenvalue weighted by Gasteiger charge is 2.40. The highest BCUT2D eigenvalue weighted by atomic mass is 16.3. The van der Waals surface area contributed by atoms with E-state index >= 15 is 0 Å². The van der Waals surface area contributed by atoms with Crippen molar-refractivity contribution in [1.29, 1.82) is 0 Å². The molecule has 4 heteroatoms. The smallest absolute Gasteiger partial charge is 0.315 e. The SMILES string of the molecule is O=C(NC1CC1c1ccccc1)NC1c2ccccc2CC1O. The standard InChI is InChI=1S/C19H20N2O2/c22-17-10-13-8-4-5-9-14(13)18(17)21-19(23)20-16-11-15(16)12-6-2-1-3-7-12/h1-9,15-18,22H,10-11H2,(H2,20,21,23). The number of hydrogen-bond acceptors (Lipinski definition) is 2. The van der Waals surface area contributed by atoms with Gasteiger partial charge < -0.3 is 15.7 Å². The van der Waals surface area contributed by atoms with Crippen molar-refractivity contribution in [2.24, 2.45) is 0 Å². The Balaban J connectivity index is 1.37. The lowest BCUT2D eigenvalue weighted by Crippen LogP contribution is -2.42. The van der Waals surface area contributed by atoms with Crippen LogP contribution in [0.3, 0.4) is 0 Å². The number of aliphatic hydroxyl groups excluding tert-OH is 1. The zero-order chi connectivity index (χ0) is 15.8. The van der Waals surface area contributed by atoms with Crippen LogP contribution in [0.25, 0.3) is 0 Å². The second-order valence-electron chi connectivity index (χ2n) is 6.43. The van der Waals surface area contributed by atoms with Crippen LogP contribution in [0.2, 0.25) is 0 Å². The molecule has 4 unspecified atom stereocenters.